The number of guanidine groups is 1. The molecule has 27 heavy (non-hydrogen) atoms. The van der Waals surface area contributed by atoms with E-state index in [-0.39, 0.29) is 11.9 Å². The van der Waals surface area contributed by atoms with E-state index in [1.54, 1.807) is 13.2 Å². The zero-order valence-electron chi connectivity index (χ0n) is 16.0. The molecule has 0 saturated carbocycles. The fourth-order valence-corrected chi connectivity index (χ4v) is 3.36. The van der Waals surface area contributed by atoms with Crippen LogP contribution in [0.1, 0.15) is 24.0 Å². The van der Waals surface area contributed by atoms with Crippen LogP contribution in [0.15, 0.2) is 48.0 Å². The number of ether oxygens (including phenoxy) is 1. The minimum absolute atomic E-state index is 0.00685. The molecule has 1 N–H and O–H groups in total. The van der Waals surface area contributed by atoms with Gasteiger partial charge in [0.1, 0.15) is 0 Å². The van der Waals surface area contributed by atoms with E-state index in [0.29, 0.717) is 0 Å². The molecular weight excluding hydrogens is 342 g/mol. The van der Waals surface area contributed by atoms with Crippen molar-refractivity contribution in [1.29, 1.82) is 0 Å². The van der Waals surface area contributed by atoms with Crippen LogP contribution in [-0.2, 0) is 22.6 Å². The second-order valence-electron chi connectivity index (χ2n) is 6.74. The van der Waals surface area contributed by atoms with Gasteiger partial charge in [-0.25, -0.2) is 4.98 Å². The first-order valence-corrected chi connectivity index (χ1v) is 9.26. The molecule has 1 aliphatic rings. The molecule has 144 valence electrons. The predicted octanol–water partition coefficient (Wildman–Crippen LogP) is 1.89. The molecular formula is C20H27N5O2. The maximum atomic E-state index is 11.7. The number of nitrogens with zero attached hydrogens (tertiary/aromatic N) is 4. The van der Waals surface area contributed by atoms with Crippen LogP contribution in [-0.4, -0.2) is 53.6 Å². The molecule has 0 bridgehead atoms. The number of carbonyl (C=O) groups excluding carboxylic acids is 1. The number of aliphatic imine (C=N–C) groups is 1. The third-order valence-electron chi connectivity index (χ3n) is 4.94. The molecule has 0 spiro atoms. The summed E-state index contributed by atoms with van der Waals surface area (Å²) in [6.07, 6.45) is 7.18. The molecule has 0 unspecified atom stereocenters. The van der Waals surface area contributed by atoms with E-state index < -0.39 is 0 Å². The van der Waals surface area contributed by atoms with E-state index in [0.717, 1.165) is 45.0 Å². The molecule has 3 rings (SSSR count). The van der Waals surface area contributed by atoms with Gasteiger partial charge in [-0.2, -0.15) is 0 Å². The van der Waals surface area contributed by atoms with Gasteiger partial charge in [-0.3, -0.25) is 9.79 Å². The smallest absolute Gasteiger partial charge is 0.308 e. The van der Waals surface area contributed by atoms with Crippen molar-refractivity contribution in [2.24, 2.45) is 10.9 Å². The maximum Gasteiger partial charge on any atom is 0.308 e. The molecule has 1 aliphatic heterocycles. The summed E-state index contributed by atoms with van der Waals surface area (Å²) in [6.45, 7) is 3.16. The van der Waals surface area contributed by atoms with Crippen LogP contribution in [0, 0.1) is 5.92 Å². The molecule has 0 aliphatic carbocycles. The number of methoxy groups -OCH3 is 1. The summed E-state index contributed by atoms with van der Waals surface area (Å²) in [5.41, 5.74) is 2.45. The number of benzene rings is 1. The minimum Gasteiger partial charge on any atom is -0.469 e. The van der Waals surface area contributed by atoms with Crippen molar-refractivity contribution in [3.63, 3.8) is 0 Å². The van der Waals surface area contributed by atoms with Gasteiger partial charge in [0.2, 0.25) is 0 Å². The summed E-state index contributed by atoms with van der Waals surface area (Å²) in [5, 5.41) is 3.42. The lowest BCUT2D eigenvalue weighted by Gasteiger charge is -2.33. The topological polar surface area (TPSA) is 71.8 Å². The molecule has 1 saturated heterocycles. The highest BCUT2D eigenvalue weighted by Crippen LogP contribution is 2.18. The number of imidazole rings is 1. The van der Waals surface area contributed by atoms with E-state index in [2.05, 4.69) is 44.5 Å². The standard InChI is InChI=1S/C20H27N5O2/c1-21-20(25-10-7-18(8-11-25)19(26)27-2)23-13-16-3-5-17(6-4-16)14-24-12-9-22-15-24/h3-6,9,12,15,18H,7-8,10-11,13-14H2,1-2H3,(H,21,23). The quantitative estimate of drug-likeness (QED) is 0.495. The molecule has 1 aromatic heterocycles. The second kappa shape index (κ2) is 9.21. The molecule has 2 heterocycles. The Morgan fingerprint density at radius 2 is 1.96 bits per heavy atom. The number of aromatic nitrogens is 2. The van der Waals surface area contributed by atoms with Crippen molar-refractivity contribution in [2.75, 3.05) is 27.2 Å². The summed E-state index contributed by atoms with van der Waals surface area (Å²) in [5.74, 6) is 0.779. The van der Waals surface area contributed by atoms with Gasteiger partial charge in [-0.1, -0.05) is 24.3 Å². The first-order valence-electron chi connectivity index (χ1n) is 9.26. The first-order chi connectivity index (χ1) is 13.2. The Hall–Kier alpha value is -2.83. The van der Waals surface area contributed by atoms with E-state index >= 15 is 0 Å². The third kappa shape index (κ3) is 5.09. The van der Waals surface area contributed by atoms with Gasteiger partial charge in [0.15, 0.2) is 5.96 Å². The van der Waals surface area contributed by atoms with Crippen molar-refractivity contribution in [1.82, 2.24) is 19.8 Å². The second-order valence-corrected chi connectivity index (χ2v) is 6.74. The number of esters is 1. The Balaban J connectivity index is 1.49. The fraction of sp³-hybridized carbons (Fsp3) is 0.450. The van der Waals surface area contributed by atoms with Crippen molar-refractivity contribution in [2.45, 2.75) is 25.9 Å². The molecule has 0 atom stereocenters. The number of carbonyl (C=O) groups is 1. The molecule has 0 radical (unpaired) electrons. The summed E-state index contributed by atoms with van der Waals surface area (Å²) in [6, 6.07) is 8.55. The highest BCUT2D eigenvalue weighted by atomic mass is 16.5. The van der Waals surface area contributed by atoms with Crippen LogP contribution in [0.5, 0.6) is 0 Å². The largest absolute Gasteiger partial charge is 0.469 e. The summed E-state index contributed by atoms with van der Waals surface area (Å²) >= 11 is 0. The normalized spacial score (nSPS) is 15.6. The number of nitrogens with one attached hydrogen (secondary N) is 1. The SMILES string of the molecule is CN=C(NCc1ccc(Cn2ccnc2)cc1)N1CCC(C(=O)OC)CC1. The van der Waals surface area contributed by atoms with Gasteiger partial charge in [0.05, 0.1) is 19.4 Å². The van der Waals surface area contributed by atoms with E-state index in [4.69, 9.17) is 4.74 Å². The number of rotatable bonds is 5. The minimum atomic E-state index is -0.103. The Morgan fingerprint density at radius 3 is 2.56 bits per heavy atom. The monoisotopic (exact) mass is 369 g/mol. The molecule has 0 amide bonds. The van der Waals surface area contributed by atoms with Crippen LogP contribution in [0.3, 0.4) is 0 Å². The van der Waals surface area contributed by atoms with Crippen molar-refractivity contribution < 1.29 is 9.53 Å². The lowest BCUT2D eigenvalue weighted by Crippen LogP contribution is -2.46. The van der Waals surface area contributed by atoms with E-state index in [1.165, 1.54) is 18.2 Å². The Morgan fingerprint density at radius 1 is 1.26 bits per heavy atom. The highest BCUT2D eigenvalue weighted by molar-refractivity contribution is 5.80. The maximum absolute atomic E-state index is 11.7. The van der Waals surface area contributed by atoms with Gasteiger partial charge < -0.3 is 19.5 Å². The van der Waals surface area contributed by atoms with E-state index in [9.17, 15) is 4.79 Å². The Labute approximate surface area is 160 Å². The van der Waals surface area contributed by atoms with Gasteiger partial charge in [0, 0.05) is 45.6 Å². The van der Waals surface area contributed by atoms with Crippen molar-refractivity contribution in [3.8, 4) is 0 Å². The first kappa shape index (κ1) is 18.9. The molecule has 2 aromatic rings. The third-order valence-corrected chi connectivity index (χ3v) is 4.94. The van der Waals surface area contributed by atoms with E-state index in [1.807, 2.05) is 17.1 Å². The van der Waals surface area contributed by atoms with Crippen LogP contribution >= 0.6 is 0 Å². The summed E-state index contributed by atoms with van der Waals surface area (Å²) in [7, 11) is 3.25. The zero-order chi connectivity index (χ0) is 19.1. The van der Waals surface area contributed by atoms with Crippen molar-refractivity contribution in [3.05, 3.63) is 54.1 Å². The molecule has 7 nitrogen and oxygen atoms in total. The molecule has 7 heteroatoms. The van der Waals surface area contributed by atoms with Gasteiger partial charge in [-0.05, 0) is 24.0 Å². The van der Waals surface area contributed by atoms with Gasteiger partial charge >= 0.3 is 5.97 Å². The number of likely N-dealkylation sites (tertiary alicyclic amines) is 1. The average Bonchev–Trinajstić information content (AvgIpc) is 3.22. The van der Waals surface area contributed by atoms with Crippen LogP contribution in [0.4, 0.5) is 0 Å². The predicted molar refractivity (Wildman–Crippen MR) is 104 cm³/mol. The zero-order valence-corrected chi connectivity index (χ0v) is 16.0. The Bertz CT molecular complexity index is 747. The Kier molecular flexibility index (Phi) is 6.46. The van der Waals surface area contributed by atoms with Crippen LogP contribution in [0.25, 0.3) is 0 Å². The van der Waals surface area contributed by atoms with Gasteiger partial charge in [0.25, 0.3) is 0 Å². The highest BCUT2D eigenvalue weighted by Gasteiger charge is 2.26. The summed E-state index contributed by atoms with van der Waals surface area (Å²) < 4.78 is 6.90. The molecule has 1 fully saturated rings. The van der Waals surface area contributed by atoms with Crippen LogP contribution in [0.2, 0.25) is 0 Å². The average molecular weight is 369 g/mol. The number of hydrogen-bond acceptors (Lipinski definition) is 4. The lowest BCUT2D eigenvalue weighted by atomic mass is 9.97. The summed E-state index contributed by atoms with van der Waals surface area (Å²) in [4.78, 5) is 22.3. The van der Waals surface area contributed by atoms with Crippen LogP contribution < -0.4 is 5.32 Å². The van der Waals surface area contributed by atoms with Gasteiger partial charge in [-0.15, -0.1) is 0 Å². The number of piperidine rings is 1. The lowest BCUT2D eigenvalue weighted by molar-refractivity contribution is -0.146. The number of hydrogen-bond donors (Lipinski definition) is 1. The fourth-order valence-electron chi connectivity index (χ4n) is 3.36. The van der Waals surface area contributed by atoms with Crippen molar-refractivity contribution >= 4 is 11.9 Å². The molecule has 1 aromatic carbocycles.